The van der Waals surface area contributed by atoms with E-state index in [4.69, 9.17) is 0 Å². The maximum Gasteiger partial charge on any atom is 0.0585 e. The van der Waals surface area contributed by atoms with Crippen LogP contribution in [0.1, 0.15) is 25.0 Å². The molecule has 0 saturated carbocycles. The normalized spacial score (nSPS) is 13.6. The smallest absolute Gasteiger partial charge is 0.0585 e. The van der Waals surface area contributed by atoms with Gasteiger partial charge in [-0.2, -0.15) is 0 Å². The summed E-state index contributed by atoms with van der Waals surface area (Å²) in [5.41, 5.74) is 12.8. The number of aromatic nitrogens is 1. The lowest BCUT2D eigenvalue weighted by Crippen LogP contribution is -2.14. The third-order valence-corrected chi connectivity index (χ3v) is 10.5. The molecule has 0 bridgehead atoms. The maximum atomic E-state index is 2.54. The third kappa shape index (κ3) is 3.35. The molecule has 8 aromatic carbocycles. The maximum absolute atomic E-state index is 2.54. The van der Waals surface area contributed by atoms with Gasteiger partial charge in [-0.25, -0.2) is 0 Å². The lowest BCUT2D eigenvalue weighted by Gasteiger charge is -2.21. The molecule has 10 rings (SSSR count). The van der Waals surface area contributed by atoms with Gasteiger partial charge in [-0.1, -0.05) is 147 Å². The van der Waals surface area contributed by atoms with Crippen LogP contribution in [0.3, 0.4) is 0 Å². The predicted octanol–water partition coefficient (Wildman–Crippen LogP) is 12.2. The van der Waals surface area contributed by atoms with Gasteiger partial charge in [0.2, 0.25) is 0 Å². The van der Waals surface area contributed by atoms with Gasteiger partial charge in [0.05, 0.1) is 16.9 Å². The van der Waals surface area contributed by atoms with E-state index in [2.05, 4.69) is 170 Å². The highest BCUT2D eigenvalue weighted by atomic mass is 15.0. The number of hydrogen-bond donors (Lipinski definition) is 0. The molecule has 0 amide bonds. The van der Waals surface area contributed by atoms with E-state index in [1.54, 1.807) is 0 Å². The zero-order valence-electron chi connectivity index (χ0n) is 25.9. The Morgan fingerprint density at radius 2 is 1.13 bits per heavy atom. The highest BCUT2D eigenvalue weighted by molar-refractivity contribution is 6.25. The van der Waals surface area contributed by atoms with E-state index in [0.29, 0.717) is 0 Å². The summed E-state index contributed by atoms with van der Waals surface area (Å²) in [5, 5.41) is 9.26. The minimum Gasteiger partial charge on any atom is -0.308 e. The van der Waals surface area contributed by atoms with Crippen LogP contribution >= 0.6 is 0 Å². The Kier molecular flexibility index (Phi) is 5.12. The van der Waals surface area contributed by atoms with Crippen LogP contribution in [0, 0.1) is 0 Å². The van der Waals surface area contributed by atoms with Gasteiger partial charge in [-0.15, -0.1) is 0 Å². The highest BCUT2D eigenvalue weighted by Crippen LogP contribution is 2.54. The van der Waals surface area contributed by atoms with Crippen LogP contribution in [0.2, 0.25) is 0 Å². The molecular weight excluding hydrogens is 555 g/mol. The van der Waals surface area contributed by atoms with Crippen LogP contribution in [0.25, 0.3) is 82.4 Å². The molecule has 0 saturated heterocycles. The summed E-state index contributed by atoms with van der Waals surface area (Å²) in [6.07, 6.45) is 0. The van der Waals surface area contributed by atoms with Gasteiger partial charge in [0.25, 0.3) is 0 Å². The van der Waals surface area contributed by atoms with Gasteiger partial charge in [-0.05, 0) is 78.3 Å². The fraction of sp³-hybridized carbons (Fsp3) is 0.0667. The number of para-hydroxylation sites is 1. The van der Waals surface area contributed by atoms with Crippen molar-refractivity contribution in [3.05, 3.63) is 163 Å². The first kappa shape index (κ1) is 25.6. The number of benzene rings is 8. The van der Waals surface area contributed by atoms with Crippen LogP contribution < -0.4 is 0 Å². The second kappa shape index (κ2) is 9.19. The van der Waals surface area contributed by atoms with Gasteiger partial charge in [0, 0.05) is 21.9 Å². The van der Waals surface area contributed by atoms with Crippen LogP contribution in [-0.2, 0) is 5.41 Å². The molecule has 9 aromatic rings. The Balaban J connectivity index is 1.29. The molecule has 0 atom stereocenters. The molecule has 1 aromatic heterocycles. The van der Waals surface area contributed by atoms with E-state index in [0.717, 1.165) is 0 Å². The summed E-state index contributed by atoms with van der Waals surface area (Å²) in [6, 6.07) is 56.2. The molecule has 0 fully saturated rings. The van der Waals surface area contributed by atoms with Gasteiger partial charge < -0.3 is 4.57 Å². The van der Waals surface area contributed by atoms with Crippen molar-refractivity contribution in [1.82, 2.24) is 4.57 Å². The van der Waals surface area contributed by atoms with E-state index in [1.807, 2.05) is 0 Å². The fourth-order valence-corrected chi connectivity index (χ4v) is 8.48. The fourth-order valence-electron chi connectivity index (χ4n) is 8.48. The van der Waals surface area contributed by atoms with Crippen LogP contribution in [-0.4, -0.2) is 4.57 Å². The quantitative estimate of drug-likeness (QED) is 0.182. The number of hydrogen-bond acceptors (Lipinski definition) is 0. The molecule has 0 spiro atoms. The summed E-state index contributed by atoms with van der Waals surface area (Å²) < 4.78 is 2.54. The molecule has 0 unspecified atom stereocenters. The second-order valence-corrected chi connectivity index (χ2v) is 13.3. The SMILES string of the molecule is CC1(C)c2ccccc2-c2c1c1cc(-c3ccc4ccc5cccc6ccc3c4c56)ccc1n2-c1ccccc1-c1ccccc1. The van der Waals surface area contributed by atoms with Crippen LogP contribution in [0.15, 0.2) is 152 Å². The monoisotopic (exact) mass is 585 g/mol. The average Bonchev–Trinajstić information content (AvgIpc) is 3.57. The van der Waals surface area contributed by atoms with Crippen molar-refractivity contribution in [2.45, 2.75) is 19.3 Å². The van der Waals surface area contributed by atoms with E-state index in [1.165, 1.54) is 93.5 Å². The van der Waals surface area contributed by atoms with Crippen LogP contribution in [0.5, 0.6) is 0 Å². The Morgan fingerprint density at radius 3 is 1.96 bits per heavy atom. The van der Waals surface area contributed by atoms with Crippen molar-refractivity contribution in [3.8, 4) is 39.2 Å². The lowest BCUT2D eigenvalue weighted by molar-refractivity contribution is 0.666. The first-order chi connectivity index (χ1) is 22.6. The predicted molar refractivity (Wildman–Crippen MR) is 195 cm³/mol. The zero-order valence-corrected chi connectivity index (χ0v) is 25.9. The molecule has 1 aliphatic rings. The molecule has 0 radical (unpaired) electrons. The summed E-state index contributed by atoms with van der Waals surface area (Å²) >= 11 is 0. The van der Waals surface area contributed by atoms with Gasteiger partial charge >= 0.3 is 0 Å². The van der Waals surface area contributed by atoms with E-state index in [-0.39, 0.29) is 5.41 Å². The first-order valence-corrected chi connectivity index (χ1v) is 16.2. The minimum absolute atomic E-state index is 0.140. The Morgan fingerprint density at radius 1 is 0.457 bits per heavy atom. The van der Waals surface area contributed by atoms with E-state index >= 15 is 0 Å². The highest BCUT2D eigenvalue weighted by Gasteiger charge is 2.40. The average molecular weight is 586 g/mol. The second-order valence-electron chi connectivity index (χ2n) is 13.3. The Labute approximate surface area is 268 Å². The van der Waals surface area contributed by atoms with Crippen molar-refractivity contribution in [1.29, 1.82) is 0 Å². The van der Waals surface area contributed by atoms with Crippen molar-refractivity contribution in [3.63, 3.8) is 0 Å². The molecule has 46 heavy (non-hydrogen) atoms. The minimum atomic E-state index is -0.140. The molecule has 1 aliphatic carbocycles. The largest absolute Gasteiger partial charge is 0.308 e. The first-order valence-electron chi connectivity index (χ1n) is 16.2. The molecule has 216 valence electrons. The third-order valence-electron chi connectivity index (χ3n) is 10.5. The Hall–Kier alpha value is -5.66. The van der Waals surface area contributed by atoms with Gasteiger partial charge in [-0.3, -0.25) is 0 Å². The van der Waals surface area contributed by atoms with Crippen LogP contribution in [0.4, 0.5) is 0 Å². The standard InChI is InChI=1S/C45H31N/c1-45(2)38-17-8-6-16-36(38)44-43(45)37-27-32(23-26-40(37)46(44)39-18-9-7-15-34(39)28-11-4-3-5-12-28)33-24-21-31-20-19-29-13-10-14-30-22-25-35(33)42(31)41(29)30/h3-27H,1-2H3. The van der Waals surface area contributed by atoms with Gasteiger partial charge in [0.15, 0.2) is 0 Å². The van der Waals surface area contributed by atoms with Crippen molar-refractivity contribution < 1.29 is 0 Å². The molecule has 0 N–H and O–H groups in total. The molecular formula is C45H31N. The van der Waals surface area contributed by atoms with Crippen molar-refractivity contribution in [2.24, 2.45) is 0 Å². The van der Waals surface area contributed by atoms with Gasteiger partial charge in [0.1, 0.15) is 0 Å². The summed E-state index contributed by atoms with van der Waals surface area (Å²) in [6.45, 7) is 4.79. The molecule has 1 heterocycles. The van der Waals surface area contributed by atoms with Crippen molar-refractivity contribution in [2.75, 3.05) is 0 Å². The van der Waals surface area contributed by atoms with Crippen molar-refractivity contribution >= 4 is 43.2 Å². The summed E-state index contributed by atoms with van der Waals surface area (Å²) in [5.74, 6) is 0. The summed E-state index contributed by atoms with van der Waals surface area (Å²) in [7, 11) is 0. The lowest BCUT2D eigenvalue weighted by atomic mass is 9.81. The Bertz CT molecular complexity index is 2640. The topological polar surface area (TPSA) is 4.93 Å². The number of nitrogens with zero attached hydrogens (tertiary/aromatic N) is 1. The number of fused-ring (bicyclic) bond motifs is 5. The molecule has 1 heteroatoms. The molecule has 1 nitrogen and oxygen atoms in total. The van der Waals surface area contributed by atoms with E-state index in [9.17, 15) is 0 Å². The molecule has 0 aliphatic heterocycles. The van der Waals surface area contributed by atoms with E-state index < -0.39 is 0 Å². The zero-order chi connectivity index (χ0) is 30.6. The number of rotatable bonds is 3. The summed E-state index contributed by atoms with van der Waals surface area (Å²) in [4.78, 5) is 0.